The molecule has 1 heterocycles. The van der Waals surface area contributed by atoms with Crippen molar-refractivity contribution in [3.8, 4) is 0 Å². The van der Waals surface area contributed by atoms with Crippen molar-refractivity contribution in [1.82, 2.24) is 9.80 Å². The third-order valence-electron chi connectivity index (χ3n) is 5.70. The average Bonchev–Trinajstić information content (AvgIpc) is 3.20. The minimum absolute atomic E-state index is 0. The van der Waals surface area contributed by atoms with E-state index in [9.17, 15) is 4.79 Å². The van der Waals surface area contributed by atoms with Crippen LogP contribution in [0.2, 0.25) is 0 Å². The molecule has 0 saturated carbocycles. The molecular formula is C26H38N2O. The van der Waals surface area contributed by atoms with E-state index in [0.29, 0.717) is 12.3 Å². The van der Waals surface area contributed by atoms with Crippen LogP contribution in [0.25, 0.3) is 0 Å². The summed E-state index contributed by atoms with van der Waals surface area (Å²) in [5.74, 6) is 0.834. The molecule has 0 bridgehead atoms. The van der Waals surface area contributed by atoms with Gasteiger partial charge in [0.15, 0.2) is 0 Å². The highest BCUT2D eigenvalue weighted by molar-refractivity contribution is 5.79. The monoisotopic (exact) mass is 394 g/mol. The molecule has 0 aliphatic carbocycles. The van der Waals surface area contributed by atoms with E-state index in [4.69, 9.17) is 0 Å². The Labute approximate surface area is 177 Å². The van der Waals surface area contributed by atoms with Gasteiger partial charge in [-0.25, -0.2) is 0 Å². The first-order chi connectivity index (χ1) is 13.5. The van der Waals surface area contributed by atoms with E-state index in [0.717, 1.165) is 31.6 Å². The van der Waals surface area contributed by atoms with Crippen LogP contribution in [0.3, 0.4) is 0 Å². The van der Waals surface area contributed by atoms with Gasteiger partial charge in [0.25, 0.3) is 0 Å². The van der Waals surface area contributed by atoms with Gasteiger partial charge in [0, 0.05) is 13.6 Å². The largest absolute Gasteiger partial charge is 0.337 e. The van der Waals surface area contributed by atoms with Gasteiger partial charge in [-0.1, -0.05) is 75.9 Å². The van der Waals surface area contributed by atoms with E-state index in [-0.39, 0.29) is 19.4 Å². The molecule has 3 nitrogen and oxygen atoms in total. The summed E-state index contributed by atoms with van der Waals surface area (Å²) < 4.78 is 0. The lowest BCUT2D eigenvalue weighted by molar-refractivity contribution is -0.131. The number of likely N-dealkylation sites (N-methyl/N-ethyl adjacent to an activating group) is 1. The van der Waals surface area contributed by atoms with Crippen LogP contribution in [0.1, 0.15) is 56.8 Å². The van der Waals surface area contributed by atoms with Crippen LogP contribution in [0.5, 0.6) is 0 Å². The Morgan fingerprint density at radius 3 is 2.14 bits per heavy atom. The second kappa shape index (κ2) is 11.2. The van der Waals surface area contributed by atoms with Gasteiger partial charge in [0.2, 0.25) is 5.91 Å². The van der Waals surface area contributed by atoms with Gasteiger partial charge in [-0.05, 0) is 55.0 Å². The maximum absolute atomic E-state index is 13.1. The first-order valence-corrected chi connectivity index (χ1v) is 10.6. The molecular weight excluding hydrogens is 356 g/mol. The number of amides is 1. The van der Waals surface area contributed by atoms with Gasteiger partial charge >= 0.3 is 0 Å². The number of rotatable bonds is 8. The summed E-state index contributed by atoms with van der Waals surface area (Å²) in [5.41, 5.74) is 3.66. The van der Waals surface area contributed by atoms with Crippen LogP contribution in [0, 0.1) is 5.92 Å². The number of nitrogens with zero attached hydrogens (tertiary/aromatic N) is 2. The lowest BCUT2D eigenvalue weighted by Crippen LogP contribution is -2.39. The number of hydrogen-bond acceptors (Lipinski definition) is 2. The zero-order valence-electron chi connectivity index (χ0n) is 17.6. The van der Waals surface area contributed by atoms with Crippen molar-refractivity contribution in [2.75, 3.05) is 26.7 Å². The molecule has 0 unspecified atom stereocenters. The van der Waals surface area contributed by atoms with E-state index in [1.54, 1.807) is 0 Å². The summed E-state index contributed by atoms with van der Waals surface area (Å²) in [6, 6.07) is 19.1. The minimum Gasteiger partial charge on any atom is -0.337 e. The second-order valence-corrected chi connectivity index (χ2v) is 8.53. The molecule has 0 radical (unpaired) electrons. The molecule has 158 valence electrons. The highest BCUT2D eigenvalue weighted by Crippen LogP contribution is 2.24. The number of carbonyl (C=O) groups is 1. The van der Waals surface area contributed by atoms with Crippen molar-refractivity contribution >= 4 is 5.91 Å². The number of likely N-dealkylation sites (tertiary alicyclic amines) is 1. The number of hydrogen-bond donors (Lipinski definition) is 0. The standard InChI is InChI=1S/C25H34N2O.CH4/c1-20(2)17-21-11-13-22(14-12-21)18-25(28)26(3)24(19-27-15-7-8-16-27)23-9-5-4-6-10-23;/h4-6,9-14,20,24H,7-8,15-19H2,1-3H3;1H4/t24-;/m1./s1. The smallest absolute Gasteiger partial charge is 0.227 e. The van der Waals surface area contributed by atoms with E-state index >= 15 is 0 Å². The molecule has 3 rings (SSSR count). The maximum atomic E-state index is 13.1. The first-order valence-electron chi connectivity index (χ1n) is 10.6. The van der Waals surface area contributed by atoms with E-state index in [1.807, 2.05) is 18.0 Å². The molecule has 1 fully saturated rings. The van der Waals surface area contributed by atoms with Gasteiger partial charge in [-0.3, -0.25) is 4.79 Å². The van der Waals surface area contributed by atoms with Crippen LogP contribution in [0.15, 0.2) is 54.6 Å². The van der Waals surface area contributed by atoms with Gasteiger partial charge in [0.05, 0.1) is 12.5 Å². The minimum atomic E-state index is 0. The van der Waals surface area contributed by atoms with Crippen LogP contribution in [-0.2, 0) is 17.6 Å². The second-order valence-electron chi connectivity index (χ2n) is 8.53. The predicted octanol–water partition coefficient (Wildman–Crippen LogP) is 5.36. The van der Waals surface area contributed by atoms with E-state index in [1.165, 1.54) is 24.0 Å². The average molecular weight is 395 g/mol. The zero-order valence-corrected chi connectivity index (χ0v) is 17.6. The third kappa shape index (κ3) is 6.71. The summed E-state index contributed by atoms with van der Waals surface area (Å²) in [7, 11) is 1.96. The Morgan fingerprint density at radius 2 is 1.55 bits per heavy atom. The molecule has 0 spiro atoms. The Kier molecular flexibility index (Phi) is 8.91. The van der Waals surface area contributed by atoms with Crippen LogP contribution in [0.4, 0.5) is 0 Å². The van der Waals surface area contributed by atoms with E-state index in [2.05, 4.69) is 67.3 Å². The normalized spacial score (nSPS) is 15.2. The lowest BCUT2D eigenvalue weighted by Gasteiger charge is -2.32. The van der Waals surface area contributed by atoms with Crippen molar-refractivity contribution < 1.29 is 4.79 Å². The van der Waals surface area contributed by atoms with Crippen molar-refractivity contribution in [2.24, 2.45) is 5.92 Å². The quantitative estimate of drug-likeness (QED) is 0.602. The highest BCUT2D eigenvalue weighted by atomic mass is 16.2. The Hall–Kier alpha value is -2.13. The Bertz CT molecular complexity index is 733. The highest BCUT2D eigenvalue weighted by Gasteiger charge is 2.25. The molecule has 1 saturated heterocycles. The van der Waals surface area contributed by atoms with Crippen molar-refractivity contribution in [3.63, 3.8) is 0 Å². The molecule has 1 atom stereocenters. The summed E-state index contributed by atoms with van der Waals surface area (Å²) in [6.45, 7) is 7.66. The van der Waals surface area contributed by atoms with Gasteiger partial charge < -0.3 is 9.80 Å². The molecule has 1 amide bonds. The lowest BCUT2D eigenvalue weighted by atomic mass is 10.0. The fourth-order valence-electron chi connectivity index (χ4n) is 4.07. The summed E-state index contributed by atoms with van der Waals surface area (Å²) >= 11 is 0. The molecule has 29 heavy (non-hydrogen) atoms. The molecule has 3 heteroatoms. The van der Waals surface area contributed by atoms with Gasteiger partial charge in [-0.15, -0.1) is 0 Å². The van der Waals surface area contributed by atoms with Crippen molar-refractivity contribution in [3.05, 3.63) is 71.3 Å². The zero-order chi connectivity index (χ0) is 19.9. The summed E-state index contributed by atoms with van der Waals surface area (Å²) in [5, 5.41) is 0. The maximum Gasteiger partial charge on any atom is 0.227 e. The summed E-state index contributed by atoms with van der Waals surface area (Å²) in [6.07, 6.45) is 4.08. The van der Waals surface area contributed by atoms with Crippen LogP contribution in [-0.4, -0.2) is 42.4 Å². The van der Waals surface area contributed by atoms with Gasteiger partial charge in [0.1, 0.15) is 0 Å². The molecule has 1 aliphatic heterocycles. The number of benzene rings is 2. The first kappa shape index (κ1) is 23.2. The summed E-state index contributed by atoms with van der Waals surface area (Å²) in [4.78, 5) is 17.5. The third-order valence-corrected chi connectivity index (χ3v) is 5.70. The van der Waals surface area contributed by atoms with E-state index < -0.39 is 0 Å². The fraction of sp³-hybridized carbons (Fsp3) is 0.500. The topological polar surface area (TPSA) is 23.6 Å². The SMILES string of the molecule is C.CC(C)Cc1ccc(CC(=O)N(C)[C@H](CN2CCCC2)c2ccccc2)cc1. The van der Waals surface area contributed by atoms with Crippen molar-refractivity contribution in [2.45, 2.75) is 53.0 Å². The van der Waals surface area contributed by atoms with Crippen molar-refractivity contribution in [1.29, 1.82) is 0 Å². The molecule has 2 aromatic carbocycles. The van der Waals surface area contributed by atoms with Crippen LogP contribution < -0.4 is 0 Å². The van der Waals surface area contributed by atoms with Gasteiger partial charge in [-0.2, -0.15) is 0 Å². The predicted molar refractivity (Wildman–Crippen MR) is 123 cm³/mol. The van der Waals surface area contributed by atoms with Crippen LogP contribution >= 0.6 is 0 Å². The molecule has 1 aliphatic rings. The fourth-order valence-corrected chi connectivity index (χ4v) is 4.07. The number of carbonyl (C=O) groups excluding carboxylic acids is 1. The Balaban J connectivity index is 0.00000300. The molecule has 0 aromatic heterocycles. The molecule has 0 N–H and O–H groups in total. The Morgan fingerprint density at radius 1 is 0.966 bits per heavy atom. The molecule has 2 aromatic rings.